The number of amides is 1. The first-order valence-electron chi connectivity index (χ1n) is 10.7. The van der Waals surface area contributed by atoms with Gasteiger partial charge in [-0.25, -0.2) is 0 Å². The van der Waals surface area contributed by atoms with Crippen LogP contribution in [0.2, 0.25) is 0 Å². The molecule has 0 spiro atoms. The van der Waals surface area contributed by atoms with Gasteiger partial charge in [0.05, 0.1) is 17.7 Å². The lowest BCUT2D eigenvalue weighted by Gasteiger charge is -2.36. The molecule has 0 aliphatic carbocycles. The Labute approximate surface area is 177 Å². The number of hydrogen-bond donors (Lipinski definition) is 1. The fraction of sp³-hybridized carbons (Fsp3) is 0.360. The zero-order valence-electron chi connectivity index (χ0n) is 17.4. The number of aromatic nitrogens is 1. The monoisotopic (exact) mass is 404 g/mol. The molecule has 1 aliphatic heterocycles. The molecule has 0 radical (unpaired) electrons. The standard InChI is InChI=1S/C25H28N2O3/c1-2-3-16-30-22-12-11-21(20-10-7-15-26-23(20)22)27-24(28)25(13-17-29-18-14-25)19-8-5-4-6-9-19/h4-12,15H,2-3,13-14,16-18H2,1H3,(H,27,28). The van der Waals surface area contributed by atoms with Crippen molar-refractivity contribution in [3.63, 3.8) is 0 Å². The maximum absolute atomic E-state index is 13.6. The number of anilines is 1. The number of rotatable bonds is 7. The molecular weight excluding hydrogens is 376 g/mol. The van der Waals surface area contributed by atoms with E-state index in [0.29, 0.717) is 32.7 Å². The third-order valence-corrected chi connectivity index (χ3v) is 5.84. The second kappa shape index (κ2) is 9.26. The van der Waals surface area contributed by atoms with Gasteiger partial charge in [-0.05, 0) is 49.1 Å². The van der Waals surface area contributed by atoms with Crippen LogP contribution >= 0.6 is 0 Å². The van der Waals surface area contributed by atoms with E-state index in [4.69, 9.17) is 9.47 Å². The Hall–Kier alpha value is -2.92. The van der Waals surface area contributed by atoms with Crippen molar-refractivity contribution in [2.24, 2.45) is 0 Å². The van der Waals surface area contributed by atoms with E-state index in [0.717, 1.165) is 40.7 Å². The fourth-order valence-corrected chi connectivity index (χ4v) is 4.06. The number of carbonyl (C=O) groups excluding carboxylic acids is 1. The molecule has 2 aromatic carbocycles. The van der Waals surface area contributed by atoms with Crippen LogP contribution in [0.25, 0.3) is 10.9 Å². The Bertz CT molecular complexity index is 998. The van der Waals surface area contributed by atoms with Gasteiger partial charge in [-0.1, -0.05) is 43.7 Å². The van der Waals surface area contributed by atoms with Crippen LogP contribution in [0.1, 0.15) is 38.2 Å². The minimum Gasteiger partial charge on any atom is -0.491 e. The highest BCUT2D eigenvalue weighted by Gasteiger charge is 2.41. The fourth-order valence-electron chi connectivity index (χ4n) is 4.06. The van der Waals surface area contributed by atoms with E-state index in [1.165, 1.54) is 0 Å². The summed E-state index contributed by atoms with van der Waals surface area (Å²) in [5.41, 5.74) is 1.97. The van der Waals surface area contributed by atoms with Crippen LogP contribution in [0.3, 0.4) is 0 Å². The molecule has 5 heteroatoms. The molecule has 1 fully saturated rings. The van der Waals surface area contributed by atoms with Gasteiger partial charge in [0.15, 0.2) is 0 Å². The van der Waals surface area contributed by atoms with E-state index < -0.39 is 5.41 Å². The van der Waals surface area contributed by atoms with Crippen molar-refractivity contribution in [2.75, 3.05) is 25.1 Å². The molecule has 0 saturated carbocycles. The normalized spacial score (nSPS) is 15.6. The number of nitrogens with one attached hydrogen (secondary N) is 1. The summed E-state index contributed by atoms with van der Waals surface area (Å²) in [4.78, 5) is 18.1. The largest absolute Gasteiger partial charge is 0.491 e. The Morgan fingerprint density at radius 3 is 2.67 bits per heavy atom. The minimum atomic E-state index is -0.593. The van der Waals surface area contributed by atoms with Gasteiger partial charge in [0.25, 0.3) is 0 Å². The van der Waals surface area contributed by atoms with Crippen molar-refractivity contribution in [2.45, 2.75) is 38.0 Å². The Morgan fingerprint density at radius 2 is 1.90 bits per heavy atom. The molecule has 4 rings (SSSR count). The summed E-state index contributed by atoms with van der Waals surface area (Å²) in [7, 11) is 0. The average molecular weight is 405 g/mol. The summed E-state index contributed by atoms with van der Waals surface area (Å²) in [6.07, 6.45) is 5.15. The summed E-state index contributed by atoms with van der Waals surface area (Å²) in [5, 5.41) is 4.08. The van der Waals surface area contributed by atoms with Gasteiger partial charge < -0.3 is 14.8 Å². The number of ether oxygens (including phenoxy) is 2. The molecule has 1 N–H and O–H groups in total. The highest BCUT2D eigenvalue weighted by atomic mass is 16.5. The molecule has 1 aromatic heterocycles. The third kappa shape index (κ3) is 4.03. The van der Waals surface area contributed by atoms with E-state index in [9.17, 15) is 4.79 Å². The highest BCUT2D eigenvalue weighted by Crippen LogP contribution is 2.37. The number of benzene rings is 2. The molecular formula is C25H28N2O3. The third-order valence-electron chi connectivity index (χ3n) is 5.84. The van der Waals surface area contributed by atoms with Crippen molar-refractivity contribution >= 4 is 22.5 Å². The van der Waals surface area contributed by atoms with Crippen LogP contribution in [0.5, 0.6) is 5.75 Å². The summed E-state index contributed by atoms with van der Waals surface area (Å²) >= 11 is 0. The van der Waals surface area contributed by atoms with Crippen LogP contribution in [-0.2, 0) is 14.9 Å². The van der Waals surface area contributed by atoms with E-state index in [-0.39, 0.29) is 5.91 Å². The Balaban J connectivity index is 1.66. The van der Waals surface area contributed by atoms with E-state index in [1.54, 1.807) is 6.20 Å². The second-order valence-electron chi connectivity index (χ2n) is 7.73. The van der Waals surface area contributed by atoms with Gasteiger partial charge in [-0.2, -0.15) is 0 Å². The number of pyridine rings is 1. The zero-order valence-corrected chi connectivity index (χ0v) is 17.4. The number of unbranched alkanes of at least 4 members (excludes halogenated alkanes) is 1. The van der Waals surface area contributed by atoms with Gasteiger partial charge in [-0.3, -0.25) is 9.78 Å². The number of nitrogens with zero attached hydrogens (tertiary/aromatic N) is 1. The molecule has 1 amide bonds. The molecule has 0 atom stereocenters. The molecule has 156 valence electrons. The van der Waals surface area contributed by atoms with Crippen LogP contribution in [0.4, 0.5) is 5.69 Å². The smallest absolute Gasteiger partial charge is 0.235 e. The average Bonchev–Trinajstić information content (AvgIpc) is 2.81. The van der Waals surface area contributed by atoms with Crippen LogP contribution in [0, 0.1) is 0 Å². The van der Waals surface area contributed by atoms with Crippen LogP contribution in [0.15, 0.2) is 60.8 Å². The van der Waals surface area contributed by atoms with Gasteiger partial charge >= 0.3 is 0 Å². The predicted octanol–water partition coefficient (Wildman–Crippen LogP) is 5.10. The Morgan fingerprint density at radius 1 is 1.10 bits per heavy atom. The molecule has 30 heavy (non-hydrogen) atoms. The Kier molecular flexibility index (Phi) is 6.29. The molecule has 1 aliphatic rings. The lowest BCUT2D eigenvalue weighted by molar-refractivity contribution is -0.125. The zero-order chi connectivity index (χ0) is 20.8. The first-order chi connectivity index (χ1) is 14.7. The van der Waals surface area contributed by atoms with Gasteiger partial charge in [0.2, 0.25) is 5.91 Å². The molecule has 3 aromatic rings. The maximum Gasteiger partial charge on any atom is 0.235 e. The molecule has 0 bridgehead atoms. The lowest BCUT2D eigenvalue weighted by Crippen LogP contribution is -2.44. The van der Waals surface area contributed by atoms with Crippen molar-refractivity contribution in [1.29, 1.82) is 0 Å². The van der Waals surface area contributed by atoms with Gasteiger partial charge in [0, 0.05) is 24.8 Å². The molecule has 1 saturated heterocycles. The minimum absolute atomic E-state index is 0.00167. The molecule has 0 unspecified atom stereocenters. The number of fused-ring (bicyclic) bond motifs is 1. The second-order valence-corrected chi connectivity index (χ2v) is 7.73. The molecule has 5 nitrogen and oxygen atoms in total. The van der Waals surface area contributed by atoms with Crippen molar-refractivity contribution in [1.82, 2.24) is 4.98 Å². The van der Waals surface area contributed by atoms with Gasteiger partial charge in [0.1, 0.15) is 11.3 Å². The predicted molar refractivity (Wildman–Crippen MR) is 119 cm³/mol. The highest BCUT2D eigenvalue weighted by molar-refractivity contribution is 6.06. The van der Waals surface area contributed by atoms with E-state index in [2.05, 4.69) is 17.2 Å². The first kappa shape index (κ1) is 20.4. The van der Waals surface area contributed by atoms with Crippen molar-refractivity contribution in [3.05, 3.63) is 66.4 Å². The molecule has 2 heterocycles. The topological polar surface area (TPSA) is 60.5 Å². The lowest BCUT2D eigenvalue weighted by atomic mass is 9.73. The first-order valence-corrected chi connectivity index (χ1v) is 10.7. The number of carbonyl (C=O) groups is 1. The van der Waals surface area contributed by atoms with Crippen LogP contribution in [-0.4, -0.2) is 30.7 Å². The SMILES string of the molecule is CCCCOc1ccc(NC(=O)C2(c3ccccc3)CCOCC2)c2cccnc12. The summed E-state index contributed by atoms with van der Waals surface area (Å²) in [6, 6.07) is 17.7. The number of hydrogen-bond acceptors (Lipinski definition) is 4. The maximum atomic E-state index is 13.6. The van der Waals surface area contributed by atoms with E-state index >= 15 is 0 Å². The van der Waals surface area contributed by atoms with E-state index in [1.807, 2.05) is 54.6 Å². The summed E-state index contributed by atoms with van der Waals surface area (Å²) in [6.45, 7) is 3.95. The summed E-state index contributed by atoms with van der Waals surface area (Å²) in [5.74, 6) is 0.752. The van der Waals surface area contributed by atoms with Gasteiger partial charge in [-0.15, -0.1) is 0 Å². The van der Waals surface area contributed by atoms with Crippen molar-refractivity contribution < 1.29 is 14.3 Å². The quantitative estimate of drug-likeness (QED) is 0.557. The van der Waals surface area contributed by atoms with Crippen LogP contribution < -0.4 is 10.1 Å². The van der Waals surface area contributed by atoms with Crippen molar-refractivity contribution in [3.8, 4) is 5.75 Å². The summed E-state index contributed by atoms with van der Waals surface area (Å²) < 4.78 is 11.5.